The number of imide groups is 2. The van der Waals surface area contributed by atoms with E-state index in [0.717, 1.165) is 12.8 Å². The van der Waals surface area contributed by atoms with Gasteiger partial charge in [-0.05, 0) is 18.8 Å². The van der Waals surface area contributed by atoms with E-state index in [4.69, 9.17) is 4.74 Å². The van der Waals surface area contributed by atoms with Crippen LogP contribution in [0.25, 0.3) is 0 Å². The van der Waals surface area contributed by atoms with Crippen molar-refractivity contribution >= 4 is 17.8 Å². The maximum atomic E-state index is 12.3. The molecule has 0 aliphatic carbocycles. The van der Waals surface area contributed by atoms with Gasteiger partial charge in [-0.15, -0.1) is 0 Å². The van der Waals surface area contributed by atoms with Gasteiger partial charge in [0.1, 0.15) is 5.92 Å². The fourth-order valence-corrected chi connectivity index (χ4v) is 2.47. The maximum absolute atomic E-state index is 12.3. The summed E-state index contributed by atoms with van der Waals surface area (Å²) in [5.41, 5.74) is 0. The quantitative estimate of drug-likeness (QED) is 0.729. The van der Waals surface area contributed by atoms with Gasteiger partial charge < -0.3 is 4.74 Å². The van der Waals surface area contributed by atoms with Crippen LogP contribution in [0.5, 0.6) is 0 Å². The van der Waals surface area contributed by atoms with E-state index < -0.39 is 23.8 Å². The highest BCUT2D eigenvalue weighted by Crippen LogP contribution is 2.23. The van der Waals surface area contributed by atoms with E-state index in [2.05, 4.69) is 5.32 Å². The fraction of sp³-hybridized carbons (Fsp3) is 0.750. The minimum absolute atomic E-state index is 0.127. The Labute approximate surface area is 106 Å². The molecule has 2 rings (SSSR count). The van der Waals surface area contributed by atoms with Crippen LogP contribution in [0, 0.1) is 11.8 Å². The second-order valence-electron chi connectivity index (χ2n) is 5.10. The topological polar surface area (TPSA) is 75.7 Å². The number of nitrogens with zero attached hydrogens (tertiary/aromatic N) is 1. The number of ether oxygens (including phenoxy) is 1. The molecule has 0 spiro atoms. The van der Waals surface area contributed by atoms with Crippen LogP contribution in [0.15, 0.2) is 0 Å². The number of nitrogens with one attached hydrogen (secondary N) is 1. The summed E-state index contributed by atoms with van der Waals surface area (Å²) in [5, 5.41) is 2.26. The lowest BCUT2D eigenvalue weighted by Gasteiger charge is -2.38. The van der Waals surface area contributed by atoms with Gasteiger partial charge in [-0.25, -0.2) is 4.79 Å². The van der Waals surface area contributed by atoms with Gasteiger partial charge >= 0.3 is 6.03 Å². The van der Waals surface area contributed by atoms with Crippen molar-refractivity contribution in [1.82, 2.24) is 10.2 Å². The molecular formula is C12H18N2O4. The van der Waals surface area contributed by atoms with Crippen LogP contribution in [0.1, 0.15) is 26.7 Å². The molecule has 0 aromatic rings. The number of hydrogen-bond acceptors (Lipinski definition) is 4. The highest BCUT2D eigenvalue weighted by molar-refractivity contribution is 6.16. The summed E-state index contributed by atoms with van der Waals surface area (Å²) in [6.45, 7) is 4.62. The summed E-state index contributed by atoms with van der Waals surface area (Å²) >= 11 is 0. The fourth-order valence-electron chi connectivity index (χ4n) is 2.47. The number of urea groups is 1. The molecule has 2 aliphatic heterocycles. The normalized spacial score (nSPS) is 29.7. The lowest BCUT2D eigenvalue weighted by atomic mass is 9.91. The van der Waals surface area contributed by atoms with Crippen LogP contribution in [-0.4, -0.2) is 42.0 Å². The first-order valence-corrected chi connectivity index (χ1v) is 6.28. The summed E-state index contributed by atoms with van der Waals surface area (Å²) in [6, 6.07) is -0.863. The standard InChI is InChI=1S/C12H18N2O4/c1-7(2)9-10(15)13-12(17)14(11(9)16)8-4-3-5-18-6-8/h7-9H,3-6H2,1-2H3,(H,13,15,17). The summed E-state index contributed by atoms with van der Waals surface area (Å²) in [7, 11) is 0. The predicted octanol–water partition coefficient (Wildman–Crippen LogP) is 0.516. The third kappa shape index (κ3) is 2.25. The highest BCUT2D eigenvalue weighted by Gasteiger charge is 2.45. The molecule has 0 saturated carbocycles. The van der Waals surface area contributed by atoms with E-state index in [0.29, 0.717) is 13.2 Å². The largest absolute Gasteiger partial charge is 0.379 e. The van der Waals surface area contributed by atoms with Crippen molar-refractivity contribution in [3.63, 3.8) is 0 Å². The summed E-state index contributed by atoms with van der Waals surface area (Å²) in [5.74, 6) is -1.79. The van der Waals surface area contributed by atoms with Gasteiger partial charge in [-0.2, -0.15) is 0 Å². The van der Waals surface area contributed by atoms with Crippen molar-refractivity contribution in [2.75, 3.05) is 13.2 Å². The molecule has 0 bridgehead atoms. The molecule has 2 saturated heterocycles. The first-order valence-electron chi connectivity index (χ1n) is 6.28. The van der Waals surface area contributed by atoms with E-state index in [9.17, 15) is 14.4 Å². The van der Waals surface area contributed by atoms with Gasteiger partial charge in [0.05, 0.1) is 12.6 Å². The molecule has 0 aromatic carbocycles. The number of amides is 4. The van der Waals surface area contributed by atoms with Crippen molar-refractivity contribution in [3.8, 4) is 0 Å². The zero-order valence-electron chi connectivity index (χ0n) is 10.6. The molecule has 0 aromatic heterocycles. The Hall–Kier alpha value is -1.43. The van der Waals surface area contributed by atoms with Gasteiger partial charge in [-0.3, -0.25) is 19.8 Å². The number of carbonyl (C=O) groups excluding carboxylic acids is 3. The molecule has 0 radical (unpaired) electrons. The van der Waals surface area contributed by atoms with E-state index in [1.54, 1.807) is 13.8 Å². The first kappa shape index (κ1) is 13.0. The molecule has 2 fully saturated rings. The Morgan fingerprint density at radius 1 is 1.33 bits per heavy atom. The third-order valence-corrected chi connectivity index (χ3v) is 3.40. The lowest BCUT2D eigenvalue weighted by molar-refractivity contribution is -0.147. The van der Waals surface area contributed by atoms with E-state index >= 15 is 0 Å². The average Bonchev–Trinajstić information content (AvgIpc) is 2.28. The van der Waals surface area contributed by atoms with Crippen LogP contribution in [0.4, 0.5) is 4.79 Å². The van der Waals surface area contributed by atoms with Crippen molar-refractivity contribution in [1.29, 1.82) is 0 Å². The van der Waals surface area contributed by atoms with Gasteiger partial charge in [0.2, 0.25) is 11.8 Å². The second kappa shape index (κ2) is 5.06. The molecule has 4 amide bonds. The molecule has 2 atom stereocenters. The smallest absolute Gasteiger partial charge is 0.331 e. The number of barbiturate groups is 1. The molecule has 2 heterocycles. The molecule has 2 aliphatic rings. The Bertz CT molecular complexity index is 374. The minimum atomic E-state index is -0.773. The molecule has 100 valence electrons. The lowest BCUT2D eigenvalue weighted by Crippen LogP contribution is -2.63. The molecule has 6 nitrogen and oxygen atoms in total. The summed E-state index contributed by atoms with van der Waals surface area (Å²) in [4.78, 5) is 36.9. The third-order valence-electron chi connectivity index (χ3n) is 3.40. The van der Waals surface area contributed by atoms with Crippen LogP contribution in [0.2, 0.25) is 0 Å². The molecule has 6 heteroatoms. The van der Waals surface area contributed by atoms with E-state index in [-0.39, 0.29) is 12.0 Å². The van der Waals surface area contributed by atoms with Gasteiger partial charge in [-0.1, -0.05) is 13.8 Å². The van der Waals surface area contributed by atoms with Crippen LogP contribution >= 0.6 is 0 Å². The van der Waals surface area contributed by atoms with Crippen molar-refractivity contribution in [3.05, 3.63) is 0 Å². The average molecular weight is 254 g/mol. The summed E-state index contributed by atoms with van der Waals surface area (Å²) in [6.07, 6.45) is 1.56. The first-order chi connectivity index (χ1) is 8.52. The molecule has 1 N–H and O–H groups in total. The molecule has 18 heavy (non-hydrogen) atoms. The maximum Gasteiger partial charge on any atom is 0.331 e. The zero-order valence-corrected chi connectivity index (χ0v) is 10.6. The van der Waals surface area contributed by atoms with E-state index in [1.807, 2.05) is 0 Å². The predicted molar refractivity (Wildman–Crippen MR) is 62.6 cm³/mol. The SMILES string of the molecule is CC(C)C1C(=O)NC(=O)N(C2CCCOC2)C1=O. The molecular weight excluding hydrogens is 236 g/mol. The highest BCUT2D eigenvalue weighted by atomic mass is 16.5. The van der Waals surface area contributed by atoms with Crippen LogP contribution < -0.4 is 5.32 Å². The number of carbonyl (C=O) groups is 3. The van der Waals surface area contributed by atoms with Gasteiger partial charge in [0.15, 0.2) is 0 Å². The Morgan fingerprint density at radius 3 is 2.61 bits per heavy atom. The van der Waals surface area contributed by atoms with Crippen LogP contribution in [0.3, 0.4) is 0 Å². The van der Waals surface area contributed by atoms with Crippen LogP contribution in [-0.2, 0) is 14.3 Å². The van der Waals surface area contributed by atoms with E-state index in [1.165, 1.54) is 4.90 Å². The Kier molecular flexibility index (Phi) is 3.65. The van der Waals surface area contributed by atoms with Gasteiger partial charge in [0.25, 0.3) is 0 Å². The Morgan fingerprint density at radius 2 is 2.06 bits per heavy atom. The monoisotopic (exact) mass is 254 g/mol. The second-order valence-corrected chi connectivity index (χ2v) is 5.10. The Balaban J connectivity index is 2.20. The molecule has 2 unspecified atom stereocenters. The van der Waals surface area contributed by atoms with Gasteiger partial charge in [0, 0.05) is 6.61 Å². The number of rotatable bonds is 2. The van der Waals surface area contributed by atoms with Crippen molar-refractivity contribution in [2.24, 2.45) is 11.8 Å². The van der Waals surface area contributed by atoms with Crippen molar-refractivity contribution < 1.29 is 19.1 Å². The zero-order chi connectivity index (χ0) is 13.3. The van der Waals surface area contributed by atoms with Crippen molar-refractivity contribution in [2.45, 2.75) is 32.7 Å². The number of hydrogen-bond donors (Lipinski definition) is 1. The minimum Gasteiger partial charge on any atom is -0.379 e. The summed E-state index contributed by atoms with van der Waals surface area (Å²) < 4.78 is 5.30.